The number of carbonyl (C=O) groups excluding carboxylic acids is 1. The first-order valence-corrected chi connectivity index (χ1v) is 22.4. The first-order chi connectivity index (χ1) is 25.9. The number of likely N-dealkylation sites (N-methyl/N-ethyl adjacent to an activating group) is 1. The van der Waals surface area contributed by atoms with Crippen LogP contribution in [0.2, 0.25) is 0 Å². The van der Waals surface area contributed by atoms with E-state index in [4.69, 9.17) is 9.05 Å². The molecule has 0 fully saturated rings. The van der Waals surface area contributed by atoms with E-state index in [0.29, 0.717) is 17.4 Å². The molecule has 0 bridgehead atoms. The highest BCUT2D eigenvalue weighted by Gasteiger charge is 2.23. The molecule has 0 saturated carbocycles. The Hall–Kier alpha value is -2.10. The van der Waals surface area contributed by atoms with Crippen LogP contribution >= 0.6 is 7.82 Å². The number of rotatable bonds is 36. The van der Waals surface area contributed by atoms with Gasteiger partial charge in [0, 0.05) is 6.42 Å². The Kier molecular flexibility index (Phi) is 33.9. The van der Waals surface area contributed by atoms with Gasteiger partial charge in [-0.1, -0.05) is 157 Å². The van der Waals surface area contributed by atoms with Gasteiger partial charge in [0.05, 0.1) is 46.0 Å². The van der Waals surface area contributed by atoms with Crippen LogP contribution in [0, 0.1) is 0 Å². The van der Waals surface area contributed by atoms with E-state index >= 15 is 0 Å². The van der Waals surface area contributed by atoms with Gasteiger partial charge in [-0.05, 0) is 51.4 Å². The molecule has 0 aliphatic carbocycles. The third kappa shape index (κ3) is 36.9. The average molecular weight is 779 g/mol. The summed E-state index contributed by atoms with van der Waals surface area (Å²) in [5, 5.41) is 23.2. The second-order valence-corrected chi connectivity index (χ2v) is 16.6. The summed E-state index contributed by atoms with van der Waals surface area (Å²) in [5.74, 6) is -0.270. The molecule has 0 aliphatic heterocycles. The normalized spacial score (nSPS) is 15.8. The molecule has 4 atom stereocenters. The van der Waals surface area contributed by atoms with Crippen molar-refractivity contribution in [1.82, 2.24) is 5.32 Å². The zero-order chi connectivity index (χ0) is 40.2. The minimum absolute atomic E-state index is 0.0218. The number of hydrogen-bond acceptors (Lipinski definition) is 7. The monoisotopic (exact) mass is 779 g/mol. The fourth-order valence-electron chi connectivity index (χ4n) is 5.31. The standard InChI is InChI=1S/C44H79N2O7P/c1-6-8-9-10-11-12-13-14-18-21-24-27-30-33-36-43(48)42(40-53-54(50,51)52-39-38-46(3,4)5)45-44(49)37-34-31-28-25-22-19-16-15-17-20-23-26-29-32-35-41(47)7-2/h16-17,19-20,25-26,28-29,32-33,35-36,41-43,47-48H,6-15,18,21-24,27,30-31,34,37-40H2,1-5H3,(H-,45,49,50,51)/b19-16-,20-17-,28-25-,29-26-,35-32+,36-33+/t41-,42+,43-/m1/s1. The van der Waals surface area contributed by atoms with Gasteiger partial charge in [-0.15, -0.1) is 0 Å². The van der Waals surface area contributed by atoms with E-state index in [2.05, 4.69) is 48.7 Å². The van der Waals surface area contributed by atoms with E-state index in [0.717, 1.165) is 51.4 Å². The second-order valence-electron chi connectivity index (χ2n) is 15.2. The van der Waals surface area contributed by atoms with Crippen LogP contribution in [0.4, 0.5) is 0 Å². The Morgan fingerprint density at radius 3 is 1.81 bits per heavy atom. The van der Waals surface area contributed by atoms with Crippen LogP contribution in [0.3, 0.4) is 0 Å². The molecule has 1 unspecified atom stereocenters. The lowest BCUT2D eigenvalue weighted by molar-refractivity contribution is -0.870. The van der Waals surface area contributed by atoms with Crippen LogP contribution < -0.4 is 10.2 Å². The van der Waals surface area contributed by atoms with Crippen molar-refractivity contribution in [3.63, 3.8) is 0 Å². The highest BCUT2D eigenvalue weighted by Crippen LogP contribution is 2.38. The first kappa shape index (κ1) is 51.9. The molecule has 54 heavy (non-hydrogen) atoms. The molecule has 0 saturated heterocycles. The fourth-order valence-corrected chi connectivity index (χ4v) is 6.04. The summed E-state index contributed by atoms with van der Waals surface area (Å²) < 4.78 is 23.1. The van der Waals surface area contributed by atoms with E-state index in [-0.39, 0.29) is 25.0 Å². The molecule has 0 aromatic rings. The minimum atomic E-state index is -4.61. The lowest BCUT2D eigenvalue weighted by Crippen LogP contribution is -2.45. The highest BCUT2D eigenvalue weighted by atomic mass is 31.2. The molecule has 1 amide bonds. The number of nitrogens with one attached hydrogen (secondary N) is 1. The molecular formula is C44H79N2O7P. The number of aliphatic hydroxyl groups excluding tert-OH is 2. The molecule has 0 spiro atoms. The van der Waals surface area contributed by atoms with Crippen LogP contribution in [0.5, 0.6) is 0 Å². The number of phosphoric ester groups is 1. The summed E-state index contributed by atoms with van der Waals surface area (Å²) in [6, 6.07) is -0.928. The Labute approximate surface area is 330 Å². The zero-order valence-corrected chi connectivity index (χ0v) is 35.6. The van der Waals surface area contributed by atoms with E-state index in [1.165, 1.54) is 64.2 Å². The topological polar surface area (TPSA) is 128 Å². The highest BCUT2D eigenvalue weighted by molar-refractivity contribution is 7.45. The van der Waals surface area contributed by atoms with Gasteiger partial charge < -0.3 is 34.0 Å². The molecule has 10 heteroatoms. The zero-order valence-electron chi connectivity index (χ0n) is 34.8. The molecule has 0 aliphatic rings. The van der Waals surface area contributed by atoms with Gasteiger partial charge in [-0.25, -0.2) is 0 Å². The van der Waals surface area contributed by atoms with Crippen molar-refractivity contribution in [3.05, 3.63) is 72.9 Å². The maximum atomic E-state index is 12.8. The van der Waals surface area contributed by atoms with Gasteiger partial charge in [0.2, 0.25) is 5.91 Å². The molecule has 0 rings (SSSR count). The number of phosphoric acid groups is 1. The number of hydrogen-bond donors (Lipinski definition) is 3. The van der Waals surface area contributed by atoms with Crippen molar-refractivity contribution in [3.8, 4) is 0 Å². The van der Waals surface area contributed by atoms with Crippen molar-refractivity contribution in [2.75, 3.05) is 40.9 Å². The third-order valence-corrected chi connectivity index (χ3v) is 9.79. The predicted molar refractivity (Wildman–Crippen MR) is 225 cm³/mol. The summed E-state index contributed by atoms with van der Waals surface area (Å²) in [6.07, 6.45) is 43.3. The first-order valence-electron chi connectivity index (χ1n) is 20.9. The number of allylic oxidation sites excluding steroid dienone is 10. The van der Waals surface area contributed by atoms with Crippen LogP contribution in [0.1, 0.15) is 142 Å². The molecule has 0 heterocycles. The van der Waals surface area contributed by atoms with Gasteiger partial charge in [0.15, 0.2) is 0 Å². The summed E-state index contributed by atoms with van der Waals surface area (Å²) >= 11 is 0. The summed E-state index contributed by atoms with van der Waals surface area (Å²) in [6.45, 7) is 4.23. The van der Waals surface area contributed by atoms with E-state index in [9.17, 15) is 24.5 Å². The lowest BCUT2D eigenvalue weighted by atomic mass is 10.0. The van der Waals surface area contributed by atoms with Crippen LogP contribution in [0.25, 0.3) is 0 Å². The quantitative estimate of drug-likeness (QED) is 0.0190. The number of nitrogens with zero attached hydrogens (tertiary/aromatic N) is 1. The number of amides is 1. The van der Waals surface area contributed by atoms with Crippen molar-refractivity contribution < 1.29 is 38.0 Å². The summed E-state index contributed by atoms with van der Waals surface area (Å²) in [4.78, 5) is 25.2. The fraction of sp³-hybridized carbons (Fsp3) is 0.705. The maximum absolute atomic E-state index is 12.8. The lowest BCUT2D eigenvalue weighted by Gasteiger charge is -2.29. The number of aliphatic hydroxyl groups is 2. The van der Waals surface area contributed by atoms with Crippen molar-refractivity contribution in [2.45, 2.75) is 161 Å². The molecule has 0 aromatic heterocycles. The second kappa shape index (κ2) is 35.3. The SMILES string of the molecule is CCCCCCCCCCCCCC/C=C/[C@@H](O)[C@H](COP(=O)([O-])OCC[N+](C)(C)C)NC(=O)CCC/C=C\C/C=C\C/C=C\C/C=C\C=C\[C@H](O)CC. The summed E-state index contributed by atoms with van der Waals surface area (Å²) in [7, 11) is 1.19. The van der Waals surface area contributed by atoms with E-state index < -0.39 is 26.6 Å². The van der Waals surface area contributed by atoms with Crippen LogP contribution in [0.15, 0.2) is 72.9 Å². The van der Waals surface area contributed by atoms with Gasteiger partial charge >= 0.3 is 0 Å². The number of unbranched alkanes of at least 4 members (excludes halogenated alkanes) is 13. The van der Waals surface area contributed by atoms with Gasteiger partial charge in [0.25, 0.3) is 7.82 Å². The van der Waals surface area contributed by atoms with Crippen molar-refractivity contribution in [2.24, 2.45) is 0 Å². The Bertz CT molecular complexity index is 1130. The minimum Gasteiger partial charge on any atom is -0.756 e. The molecule has 0 radical (unpaired) electrons. The molecule has 312 valence electrons. The molecule has 0 aromatic carbocycles. The summed E-state index contributed by atoms with van der Waals surface area (Å²) in [5.41, 5.74) is 0. The van der Waals surface area contributed by atoms with Crippen LogP contribution in [-0.4, -0.2) is 79.8 Å². The largest absolute Gasteiger partial charge is 0.756 e. The molecular weight excluding hydrogens is 699 g/mol. The number of carbonyl (C=O) groups is 1. The average Bonchev–Trinajstić information content (AvgIpc) is 3.12. The molecule has 9 nitrogen and oxygen atoms in total. The van der Waals surface area contributed by atoms with Gasteiger partial charge in [-0.2, -0.15) is 0 Å². The predicted octanol–water partition coefficient (Wildman–Crippen LogP) is 9.58. The van der Waals surface area contributed by atoms with E-state index in [1.807, 2.05) is 52.4 Å². The van der Waals surface area contributed by atoms with E-state index in [1.54, 1.807) is 12.2 Å². The number of quaternary nitrogens is 1. The smallest absolute Gasteiger partial charge is 0.268 e. The van der Waals surface area contributed by atoms with Crippen molar-refractivity contribution in [1.29, 1.82) is 0 Å². The third-order valence-electron chi connectivity index (χ3n) is 8.83. The van der Waals surface area contributed by atoms with Gasteiger partial charge in [0.1, 0.15) is 13.2 Å². The maximum Gasteiger partial charge on any atom is 0.268 e. The Morgan fingerprint density at radius 1 is 0.704 bits per heavy atom. The van der Waals surface area contributed by atoms with Crippen molar-refractivity contribution >= 4 is 13.7 Å². The molecule has 3 N–H and O–H groups in total. The Morgan fingerprint density at radius 2 is 1.24 bits per heavy atom. The Balaban J connectivity index is 4.62. The van der Waals surface area contributed by atoms with Gasteiger partial charge in [-0.3, -0.25) is 9.36 Å². The van der Waals surface area contributed by atoms with Crippen LogP contribution in [-0.2, 0) is 18.4 Å².